The molecular formula is C36H56O5Si2. The van der Waals surface area contributed by atoms with Crippen molar-refractivity contribution in [1.29, 1.82) is 0 Å². The molecule has 43 heavy (non-hydrogen) atoms. The third kappa shape index (κ3) is 8.65. The van der Waals surface area contributed by atoms with Gasteiger partial charge in [0.25, 0.3) is 8.32 Å². The summed E-state index contributed by atoms with van der Waals surface area (Å²) >= 11 is 0. The number of carbonyl (C=O) groups is 1. The van der Waals surface area contributed by atoms with E-state index in [0.717, 1.165) is 19.1 Å². The summed E-state index contributed by atoms with van der Waals surface area (Å²) in [6, 6.07) is 21.6. The molecule has 0 bridgehead atoms. The molecule has 5 nitrogen and oxygen atoms in total. The number of benzene rings is 2. The van der Waals surface area contributed by atoms with E-state index in [-0.39, 0.29) is 22.1 Å². The van der Waals surface area contributed by atoms with Crippen molar-refractivity contribution in [3.63, 3.8) is 0 Å². The highest BCUT2D eigenvalue weighted by atomic mass is 28.4. The van der Waals surface area contributed by atoms with Gasteiger partial charge in [-0.3, -0.25) is 0 Å². The lowest BCUT2D eigenvalue weighted by atomic mass is 9.95. The van der Waals surface area contributed by atoms with Crippen LogP contribution in [0.2, 0.25) is 23.2 Å². The van der Waals surface area contributed by atoms with Crippen molar-refractivity contribution in [3.05, 3.63) is 71.8 Å². The van der Waals surface area contributed by atoms with Gasteiger partial charge in [-0.1, -0.05) is 108 Å². The van der Waals surface area contributed by atoms with Gasteiger partial charge in [-0.05, 0) is 72.7 Å². The Morgan fingerprint density at radius 2 is 1.40 bits per heavy atom. The zero-order chi connectivity index (χ0) is 32.1. The van der Waals surface area contributed by atoms with E-state index >= 15 is 0 Å². The summed E-state index contributed by atoms with van der Waals surface area (Å²) in [5.41, 5.74) is 2.43. The van der Waals surface area contributed by atoms with E-state index in [1.54, 1.807) is 0 Å². The SMILES string of the molecule is C/C(CC[C@H]1OC(C)(C)OC[C@H]1C=O)=C(/CO[Si](C)(C)C(C)(C)C)CO[Si](c1ccccc1)(c1ccccc1)C(C)(C)C. The molecule has 2 aromatic carbocycles. The van der Waals surface area contributed by atoms with Crippen LogP contribution in [0.3, 0.4) is 0 Å². The molecule has 0 N–H and O–H groups in total. The first kappa shape index (κ1) is 35.6. The van der Waals surface area contributed by atoms with E-state index in [2.05, 4.69) is 122 Å². The normalized spacial score (nSPS) is 20.4. The van der Waals surface area contributed by atoms with Gasteiger partial charge in [-0.25, -0.2) is 0 Å². The topological polar surface area (TPSA) is 54.0 Å². The van der Waals surface area contributed by atoms with E-state index in [4.69, 9.17) is 18.3 Å². The van der Waals surface area contributed by atoms with Crippen LogP contribution in [0, 0.1) is 5.92 Å². The van der Waals surface area contributed by atoms with Crippen molar-refractivity contribution in [1.82, 2.24) is 0 Å². The Bertz CT molecular complexity index is 1170. The van der Waals surface area contributed by atoms with E-state index in [1.807, 2.05) is 13.8 Å². The smallest absolute Gasteiger partial charge is 0.261 e. The maximum absolute atomic E-state index is 11.8. The Kier molecular flexibility index (Phi) is 11.6. The van der Waals surface area contributed by atoms with E-state index in [1.165, 1.54) is 21.5 Å². The Morgan fingerprint density at radius 1 is 0.884 bits per heavy atom. The number of allylic oxidation sites excluding steroid dienone is 1. The Labute approximate surface area is 263 Å². The van der Waals surface area contributed by atoms with Crippen LogP contribution >= 0.6 is 0 Å². The first-order valence-electron chi connectivity index (χ1n) is 15.8. The molecule has 1 fully saturated rings. The number of rotatable bonds is 12. The lowest BCUT2D eigenvalue weighted by molar-refractivity contribution is -0.287. The monoisotopic (exact) mass is 624 g/mol. The minimum absolute atomic E-state index is 0.101. The highest BCUT2D eigenvalue weighted by Crippen LogP contribution is 2.39. The Hall–Kier alpha value is -1.88. The number of hydrogen-bond acceptors (Lipinski definition) is 5. The Morgan fingerprint density at radius 3 is 1.86 bits per heavy atom. The third-order valence-electron chi connectivity index (χ3n) is 9.41. The van der Waals surface area contributed by atoms with E-state index in [9.17, 15) is 4.79 Å². The predicted molar refractivity (Wildman–Crippen MR) is 183 cm³/mol. The van der Waals surface area contributed by atoms with Crippen LogP contribution in [-0.2, 0) is 23.1 Å². The zero-order valence-corrected chi connectivity index (χ0v) is 30.6. The highest BCUT2D eigenvalue weighted by molar-refractivity contribution is 6.99. The fourth-order valence-electron chi connectivity index (χ4n) is 5.55. The van der Waals surface area contributed by atoms with Gasteiger partial charge in [0.1, 0.15) is 6.29 Å². The Balaban J connectivity index is 2.00. The van der Waals surface area contributed by atoms with Gasteiger partial charge in [-0.2, -0.15) is 0 Å². The average molecular weight is 625 g/mol. The van der Waals surface area contributed by atoms with Gasteiger partial charge in [-0.15, -0.1) is 0 Å². The molecule has 7 heteroatoms. The summed E-state index contributed by atoms with van der Waals surface area (Å²) in [7, 11) is -4.74. The maximum atomic E-state index is 11.8. The molecule has 1 aliphatic rings. The minimum Gasteiger partial charge on any atom is -0.413 e. The fourth-order valence-corrected chi connectivity index (χ4v) is 11.1. The van der Waals surface area contributed by atoms with Crippen LogP contribution in [0.1, 0.15) is 75.2 Å². The van der Waals surface area contributed by atoms with Crippen molar-refractivity contribution in [3.8, 4) is 0 Å². The van der Waals surface area contributed by atoms with Gasteiger partial charge >= 0.3 is 0 Å². The zero-order valence-electron chi connectivity index (χ0n) is 28.6. The summed E-state index contributed by atoms with van der Waals surface area (Å²) in [5.74, 6) is -0.955. The van der Waals surface area contributed by atoms with Gasteiger partial charge in [0.15, 0.2) is 14.1 Å². The second-order valence-corrected chi connectivity index (χ2v) is 24.2. The quantitative estimate of drug-likeness (QED) is 0.138. The summed E-state index contributed by atoms with van der Waals surface area (Å²) in [6.45, 7) is 25.8. The molecule has 2 aromatic rings. The van der Waals surface area contributed by atoms with Gasteiger partial charge in [0, 0.05) is 0 Å². The summed E-state index contributed by atoms with van der Waals surface area (Å²) in [5, 5.41) is 2.52. The van der Waals surface area contributed by atoms with Crippen LogP contribution < -0.4 is 10.4 Å². The minimum atomic E-state index is -2.73. The van der Waals surface area contributed by atoms with E-state index in [0.29, 0.717) is 19.8 Å². The van der Waals surface area contributed by atoms with Crippen molar-refractivity contribution in [2.24, 2.45) is 5.92 Å². The molecule has 1 saturated heterocycles. The lowest BCUT2D eigenvalue weighted by Crippen LogP contribution is -2.66. The molecule has 0 aliphatic carbocycles. The molecule has 0 radical (unpaired) electrons. The number of ether oxygens (including phenoxy) is 2. The molecule has 3 rings (SSSR count). The molecule has 0 amide bonds. The predicted octanol–water partition coefficient (Wildman–Crippen LogP) is 7.65. The van der Waals surface area contributed by atoms with Crippen molar-refractivity contribution in [2.75, 3.05) is 19.8 Å². The second-order valence-electron chi connectivity index (χ2n) is 15.1. The summed E-state index contributed by atoms with van der Waals surface area (Å²) in [6.07, 6.45) is 2.33. The highest BCUT2D eigenvalue weighted by Gasteiger charge is 2.50. The molecule has 0 aromatic heterocycles. The van der Waals surface area contributed by atoms with Crippen LogP contribution in [0.4, 0.5) is 0 Å². The first-order valence-corrected chi connectivity index (χ1v) is 20.6. The first-order chi connectivity index (χ1) is 19.9. The molecule has 1 aliphatic heterocycles. The van der Waals surface area contributed by atoms with Gasteiger partial charge in [0.2, 0.25) is 0 Å². The number of aldehydes is 1. The average Bonchev–Trinajstić information content (AvgIpc) is 2.93. The molecule has 0 unspecified atom stereocenters. The van der Waals surface area contributed by atoms with Crippen LogP contribution in [-0.4, -0.2) is 54.6 Å². The summed E-state index contributed by atoms with van der Waals surface area (Å²) < 4.78 is 26.2. The van der Waals surface area contributed by atoms with Gasteiger partial charge in [0.05, 0.1) is 31.8 Å². The molecule has 0 saturated carbocycles. The second kappa shape index (κ2) is 14.0. The van der Waals surface area contributed by atoms with Crippen molar-refractivity contribution in [2.45, 2.75) is 110 Å². The molecule has 238 valence electrons. The number of carbonyl (C=O) groups excluding carboxylic acids is 1. The van der Waals surface area contributed by atoms with Gasteiger partial charge < -0.3 is 23.1 Å². The van der Waals surface area contributed by atoms with E-state index < -0.39 is 22.4 Å². The van der Waals surface area contributed by atoms with Crippen LogP contribution in [0.25, 0.3) is 0 Å². The molecule has 1 heterocycles. The fraction of sp³-hybridized carbons (Fsp3) is 0.583. The number of hydrogen-bond donors (Lipinski definition) is 0. The molecule has 2 atom stereocenters. The third-order valence-corrected chi connectivity index (χ3v) is 18.9. The van der Waals surface area contributed by atoms with Crippen molar-refractivity contribution >= 4 is 33.3 Å². The summed E-state index contributed by atoms with van der Waals surface area (Å²) in [4.78, 5) is 11.8. The van der Waals surface area contributed by atoms with Crippen LogP contribution in [0.5, 0.6) is 0 Å². The largest absolute Gasteiger partial charge is 0.413 e. The standard InChI is InChI=1S/C36H56O5Si2/c1-28(22-23-33-29(24-37)25-38-36(8,9)41-33)30(26-39-42(10,11)34(2,3)4)27-40-43(35(5,6)7,31-18-14-12-15-19-31)32-20-16-13-17-21-32/h12-21,24,29,33H,22-23,25-27H2,1-11H3/b30-28+/t29-,33-/m1/s1. The maximum Gasteiger partial charge on any atom is 0.261 e. The lowest BCUT2D eigenvalue weighted by Gasteiger charge is -2.43. The molecule has 0 spiro atoms. The van der Waals surface area contributed by atoms with Crippen molar-refractivity contribution < 1.29 is 23.1 Å². The van der Waals surface area contributed by atoms with Crippen LogP contribution in [0.15, 0.2) is 71.8 Å². The molecular weight excluding hydrogens is 569 g/mol.